The Balaban J connectivity index is 1.45. The van der Waals surface area contributed by atoms with Gasteiger partial charge in [0.25, 0.3) is 0 Å². The minimum Gasteiger partial charge on any atom is -0.393 e. The number of hydrogen-bond acceptors (Lipinski definition) is 6. The molecule has 2 aliphatic rings. The molecule has 0 aliphatic heterocycles. The maximum Gasteiger partial charge on any atom is 0.227 e. The zero-order valence-corrected chi connectivity index (χ0v) is 17.3. The van der Waals surface area contributed by atoms with Crippen molar-refractivity contribution >= 4 is 22.9 Å². The number of aromatic nitrogens is 4. The normalized spacial score (nSPS) is 22.4. The van der Waals surface area contributed by atoms with Crippen molar-refractivity contribution < 1.29 is 5.11 Å². The Kier molecular flexibility index (Phi) is 5.53. The first-order chi connectivity index (χ1) is 14.8. The van der Waals surface area contributed by atoms with Crippen LogP contribution in [0.3, 0.4) is 0 Å². The fourth-order valence-corrected chi connectivity index (χ4v) is 4.74. The number of hydrogen-bond donors (Lipinski definition) is 3. The molecule has 0 atom stereocenters. The number of anilines is 2. The van der Waals surface area contributed by atoms with Crippen LogP contribution in [0.2, 0.25) is 0 Å². The van der Waals surface area contributed by atoms with E-state index >= 15 is 0 Å². The maximum absolute atomic E-state index is 9.81. The average Bonchev–Trinajstić information content (AvgIpc) is 3.44. The molecule has 3 aromatic rings. The third kappa shape index (κ3) is 4.12. The molecule has 0 saturated heterocycles. The molecule has 0 radical (unpaired) electrons. The third-order valence-electron chi connectivity index (χ3n) is 6.47. The summed E-state index contributed by atoms with van der Waals surface area (Å²) in [7, 11) is 0. The second-order valence-electron chi connectivity index (χ2n) is 8.65. The predicted octanol–water partition coefficient (Wildman–Crippen LogP) is 4.27. The molecular weight excluding hydrogens is 376 g/mol. The summed E-state index contributed by atoms with van der Waals surface area (Å²) in [6.07, 6.45) is 10.2. The van der Waals surface area contributed by atoms with Crippen molar-refractivity contribution in [1.29, 1.82) is 0 Å². The molecule has 3 N–H and O–H groups in total. The second kappa shape index (κ2) is 8.60. The molecular formula is C23H30N6O. The highest BCUT2D eigenvalue weighted by Crippen LogP contribution is 2.33. The first-order valence-electron chi connectivity index (χ1n) is 11.2. The lowest BCUT2D eigenvalue weighted by Gasteiger charge is -2.26. The minimum absolute atomic E-state index is 0.168. The quantitative estimate of drug-likeness (QED) is 0.567. The van der Waals surface area contributed by atoms with E-state index in [1.165, 1.54) is 31.2 Å². The lowest BCUT2D eigenvalue weighted by Crippen LogP contribution is -2.29. The van der Waals surface area contributed by atoms with Crippen LogP contribution >= 0.6 is 0 Å². The molecule has 7 heteroatoms. The summed E-state index contributed by atoms with van der Waals surface area (Å²) < 4.78 is 2.24. The van der Waals surface area contributed by atoms with Gasteiger partial charge in [0.2, 0.25) is 5.95 Å². The van der Waals surface area contributed by atoms with Gasteiger partial charge >= 0.3 is 0 Å². The van der Waals surface area contributed by atoms with E-state index in [9.17, 15) is 5.11 Å². The van der Waals surface area contributed by atoms with Gasteiger partial charge < -0.3 is 20.3 Å². The summed E-state index contributed by atoms with van der Waals surface area (Å²) in [6.45, 7) is 0.693. The fraction of sp³-hybridized carbons (Fsp3) is 0.522. The molecule has 0 spiro atoms. The summed E-state index contributed by atoms with van der Waals surface area (Å²) in [5, 5.41) is 16.8. The Morgan fingerprint density at radius 1 is 0.967 bits per heavy atom. The molecule has 2 heterocycles. The Bertz CT molecular complexity index is 974. The van der Waals surface area contributed by atoms with Crippen LogP contribution in [0.5, 0.6) is 0 Å². The fourth-order valence-electron chi connectivity index (χ4n) is 4.74. The van der Waals surface area contributed by atoms with Gasteiger partial charge in [0.15, 0.2) is 17.0 Å². The van der Waals surface area contributed by atoms with Gasteiger partial charge in [-0.2, -0.15) is 9.97 Å². The van der Waals surface area contributed by atoms with Gasteiger partial charge in [-0.15, -0.1) is 0 Å². The molecule has 0 bridgehead atoms. The summed E-state index contributed by atoms with van der Waals surface area (Å²) in [6, 6.07) is 11.1. The van der Waals surface area contributed by atoms with Crippen LogP contribution in [0.4, 0.5) is 11.8 Å². The SMILES string of the molecule is OC1CCC(Nc2nc(NCc3ccccc3)c3ncn(C4CCCC4)c3n2)CC1. The molecule has 0 amide bonds. The van der Waals surface area contributed by atoms with E-state index in [2.05, 4.69) is 32.3 Å². The van der Waals surface area contributed by atoms with Gasteiger partial charge in [-0.1, -0.05) is 43.2 Å². The molecule has 2 aromatic heterocycles. The number of aliphatic hydroxyl groups is 1. The first kappa shape index (κ1) is 19.3. The van der Waals surface area contributed by atoms with Crippen molar-refractivity contribution in [3.8, 4) is 0 Å². The van der Waals surface area contributed by atoms with Gasteiger partial charge in [-0.3, -0.25) is 0 Å². The molecule has 2 fully saturated rings. The van der Waals surface area contributed by atoms with Crippen LogP contribution in [-0.2, 0) is 6.54 Å². The van der Waals surface area contributed by atoms with E-state index in [0.717, 1.165) is 42.7 Å². The molecule has 7 nitrogen and oxygen atoms in total. The predicted molar refractivity (Wildman–Crippen MR) is 118 cm³/mol. The van der Waals surface area contributed by atoms with Crippen LogP contribution in [0.15, 0.2) is 36.7 Å². The van der Waals surface area contributed by atoms with E-state index in [1.54, 1.807) is 0 Å². The number of nitrogens with one attached hydrogen (secondary N) is 2. The summed E-state index contributed by atoms with van der Waals surface area (Å²) >= 11 is 0. The number of aliphatic hydroxyl groups excluding tert-OH is 1. The number of rotatable bonds is 6. The summed E-state index contributed by atoms with van der Waals surface area (Å²) in [5.41, 5.74) is 2.95. The number of nitrogens with zero attached hydrogens (tertiary/aromatic N) is 4. The zero-order chi connectivity index (χ0) is 20.3. The molecule has 0 unspecified atom stereocenters. The maximum atomic E-state index is 9.81. The molecule has 158 valence electrons. The van der Waals surface area contributed by atoms with Crippen LogP contribution in [0.1, 0.15) is 63.0 Å². The Morgan fingerprint density at radius 3 is 2.50 bits per heavy atom. The van der Waals surface area contributed by atoms with Crippen molar-refractivity contribution in [2.45, 2.75) is 76.1 Å². The average molecular weight is 407 g/mol. The Labute approximate surface area is 177 Å². The van der Waals surface area contributed by atoms with Gasteiger partial charge in [0, 0.05) is 18.6 Å². The highest BCUT2D eigenvalue weighted by molar-refractivity contribution is 5.84. The molecule has 30 heavy (non-hydrogen) atoms. The van der Waals surface area contributed by atoms with E-state index in [0.29, 0.717) is 24.6 Å². The van der Waals surface area contributed by atoms with Crippen LogP contribution in [0.25, 0.3) is 11.2 Å². The van der Waals surface area contributed by atoms with Gasteiger partial charge in [0.05, 0.1) is 12.4 Å². The van der Waals surface area contributed by atoms with Crippen molar-refractivity contribution in [2.75, 3.05) is 10.6 Å². The van der Waals surface area contributed by atoms with Gasteiger partial charge in [-0.25, -0.2) is 4.98 Å². The Hall–Kier alpha value is -2.67. The number of benzene rings is 1. The van der Waals surface area contributed by atoms with Crippen LogP contribution in [0, 0.1) is 0 Å². The van der Waals surface area contributed by atoms with E-state index in [-0.39, 0.29) is 6.10 Å². The van der Waals surface area contributed by atoms with Crippen molar-refractivity contribution in [3.05, 3.63) is 42.2 Å². The van der Waals surface area contributed by atoms with E-state index < -0.39 is 0 Å². The number of fused-ring (bicyclic) bond motifs is 1. The highest BCUT2D eigenvalue weighted by Gasteiger charge is 2.24. The molecule has 2 aliphatic carbocycles. The first-order valence-corrected chi connectivity index (χ1v) is 11.2. The topological polar surface area (TPSA) is 87.9 Å². The van der Waals surface area contributed by atoms with Crippen molar-refractivity contribution in [1.82, 2.24) is 19.5 Å². The lowest BCUT2D eigenvalue weighted by molar-refractivity contribution is 0.126. The number of imidazole rings is 1. The standard InChI is InChI=1S/C23H30N6O/c30-19-12-10-17(11-13-19)26-23-27-21(24-14-16-6-2-1-3-7-16)20-22(28-23)29(15-25-20)18-8-4-5-9-18/h1-3,6-7,15,17-19,30H,4-5,8-14H2,(H2,24,26,27,28). The smallest absolute Gasteiger partial charge is 0.227 e. The molecule has 5 rings (SSSR count). The Morgan fingerprint density at radius 2 is 1.73 bits per heavy atom. The van der Waals surface area contributed by atoms with Crippen LogP contribution in [-0.4, -0.2) is 36.8 Å². The van der Waals surface area contributed by atoms with E-state index in [4.69, 9.17) is 9.97 Å². The largest absolute Gasteiger partial charge is 0.393 e. The van der Waals surface area contributed by atoms with Crippen molar-refractivity contribution in [2.24, 2.45) is 0 Å². The van der Waals surface area contributed by atoms with Gasteiger partial charge in [-0.05, 0) is 44.1 Å². The molecule has 1 aromatic carbocycles. The summed E-state index contributed by atoms with van der Waals surface area (Å²) in [4.78, 5) is 14.4. The second-order valence-corrected chi connectivity index (χ2v) is 8.65. The van der Waals surface area contributed by atoms with E-state index in [1.807, 2.05) is 24.5 Å². The minimum atomic E-state index is -0.168. The summed E-state index contributed by atoms with van der Waals surface area (Å²) in [5.74, 6) is 1.43. The monoisotopic (exact) mass is 406 g/mol. The van der Waals surface area contributed by atoms with Crippen LogP contribution < -0.4 is 10.6 Å². The molecule has 2 saturated carbocycles. The van der Waals surface area contributed by atoms with Crippen molar-refractivity contribution in [3.63, 3.8) is 0 Å². The highest BCUT2D eigenvalue weighted by atomic mass is 16.3. The zero-order valence-electron chi connectivity index (χ0n) is 17.3. The lowest BCUT2D eigenvalue weighted by atomic mass is 9.93. The van der Waals surface area contributed by atoms with Gasteiger partial charge in [0.1, 0.15) is 0 Å². The third-order valence-corrected chi connectivity index (χ3v) is 6.47.